The Balaban J connectivity index is 1.75. The van der Waals surface area contributed by atoms with Crippen LogP contribution in [0.5, 0.6) is 0 Å². The van der Waals surface area contributed by atoms with Crippen LogP contribution in [0.25, 0.3) is 11.1 Å². The molecule has 0 amide bonds. The second-order valence-electron chi connectivity index (χ2n) is 9.52. The van der Waals surface area contributed by atoms with Gasteiger partial charge in [0.2, 0.25) is 0 Å². The number of fused-ring (bicyclic) bond motifs is 1. The van der Waals surface area contributed by atoms with Gasteiger partial charge in [0.15, 0.2) is 0 Å². The van der Waals surface area contributed by atoms with Crippen molar-refractivity contribution >= 4 is 23.4 Å². The molecule has 0 radical (unpaired) electrons. The van der Waals surface area contributed by atoms with Gasteiger partial charge in [0, 0.05) is 16.9 Å². The highest BCUT2D eigenvalue weighted by Gasteiger charge is 2.53. The molecule has 4 atom stereocenters. The average molecular weight is 439 g/mol. The number of carbonyl (C=O) groups excluding carboxylic acids is 2. The average Bonchev–Trinajstić information content (AvgIpc) is 3.00. The van der Waals surface area contributed by atoms with Gasteiger partial charge in [-0.25, -0.2) is 0 Å². The zero-order chi connectivity index (χ0) is 22.3. The van der Waals surface area contributed by atoms with Crippen molar-refractivity contribution in [2.75, 3.05) is 0 Å². The molecule has 0 heterocycles. The van der Waals surface area contributed by atoms with Crippen molar-refractivity contribution in [3.8, 4) is 11.1 Å². The first kappa shape index (κ1) is 22.1. The van der Waals surface area contributed by atoms with Crippen LogP contribution in [0.2, 0.25) is 5.02 Å². The highest BCUT2D eigenvalue weighted by atomic mass is 35.5. The minimum absolute atomic E-state index is 0.0125. The SMILES string of the molecule is Cc1cc(-c2ccc(Cl)cc2)cc(C)c1C1C(=O)C2CCCCC2C1OC(=O)C(C)C. The van der Waals surface area contributed by atoms with Gasteiger partial charge in [-0.05, 0) is 66.6 Å². The third-order valence-corrected chi connectivity index (χ3v) is 7.30. The van der Waals surface area contributed by atoms with Crippen LogP contribution in [0.1, 0.15) is 62.1 Å². The number of ether oxygens (including phenoxy) is 1. The van der Waals surface area contributed by atoms with Crippen LogP contribution in [-0.2, 0) is 14.3 Å². The van der Waals surface area contributed by atoms with Crippen molar-refractivity contribution in [2.24, 2.45) is 17.8 Å². The van der Waals surface area contributed by atoms with Crippen molar-refractivity contribution < 1.29 is 14.3 Å². The lowest BCUT2D eigenvalue weighted by atomic mass is 9.80. The zero-order valence-electron chi connectivity index (χ0n) is 18.8. The third kappa shape index (κ3) is 4.17. The smallest absolute Gasteiger partial charge is 0.308 e. The highest BCUT2D eigenvalue weighted by Crippen LogP contribution is 2.50. The van der Waals surface area contributed by atoms with E-state index in [1.54, 1.807) is 0 Å². The molecule has 2 saturated carbocycles. The number of esters is 1. The Labute approximate surface area is 190 Å². The molecular weight excluding hydrogens is 408 g/mol. The summed E-state index contributed by atoms with van der Waals surface area (Å²) >= 11 is 6.05. The van der Waals surface area contributed by atoms with Crippen molar-refractivity contribution in [1.82, 2.24) is 0 Å². The van der Waals surface area contributed by atoms with Gasteiger partial charge in [0.05, 0.1) is 11.8 Å². The van der Waals surface area contributed by atoms with Crippen LogP contribution >= 0.6 is 11.6 Å². The van der Waals surface area contributed by atoms with E-state index in [9.17, 15) is 9.59 Å². The lowest BCUT2D eigenvalue weighted by Crippen LogP contribution is -2.32. The number of Topliss-reactive ketones (excluding diaryl/α,β-unsaturated/α-hetero) is 1. The maximum absolute atomic E-state index is 13.6. The van der Waals surface area contributed by atoms with Crippen LogP contribution in [0.15, 0.2) is 36.4 Å². The molecule has 0 spiro atoms. The van der Waals surface area contributed by atoms with Gasteiger partial charge in [-0.2, -0.15) is 0 Å². The number of hydrogen-bond acceptors (Lipinski definition) is 3. The standard InChI is InChI=1S/C27H31ClO3/c1-15(2)27(30)31-26-22-8-6-5-7-21(22)25(29)24(26)23-16(3)13-19(14-17(23)4)18-9-11-20(28)12-10-18/h9-15,21-22,24,26H,5-8H2,1-4H3. The van der Waals surface area contributed by atoms with Crippen molar-refractivity contribution in [3.05, 3.63) is 58.1 Å². The highest BCUT2D eigenvalue weighted by molar-refractivity contribution is 6.30. The van der Waals surface area contributed by atoms with Gasteiger partial charge in [-0.1, -0.05) is 62.6 Å². The molecule has 31 heavy (non-hydrogen) atoms. The molecule has 4 heteroatoms. The number of halogens is 1. The number of rotatable bonds is 4. The summed E-state index contributed by atoms with van der Waals surface area (Å²) in [5.74, 6) is -0.358. The summed E-state index contributed by atoms with van der Waals surface area (Å²) in [4.78, 5) is 26.1. The lowest BCUT2D eigenvalue weighted by molar-refractivity contribution is -0.156. The fraction of sp³-hybridized carbons (Fsp3) is 0.481. The van der Waals surface area contributed by atoms with E-state index in [2.05, 4.69) is 26.0 Å². The minimum Gasteiger partial charge on any atom is -0.461 e. The summed E-state index contributed by atoms with van der Waals surface area (Å²) in [5.41, 5.74) is 5.39. The van der Waals surface area contributed by atoms with Gasteiger partial charge in [0.25, 0.3) is 0 Å². The molecular formula is C27H31ClO3. The van der Waals surface area contributed by atoms with E-state index in [1.807, 2.05) is 38.1 Å². The second-order valence-corrected chi connectivity index (χ2v) is 9.96. The second kappa shape index (κ2) is 8.78. The lowest BCUT2D eigenvalue weighted by Gasteiger charge is -2.30. The predicted molar refractivity (Wildman–Crippen MR) is 124 cm³/mol. The summed E-state index contributed by atoms with van der Waals surface area (Å²) in [6.07, 6.45) is 3.70. The molecule has 0 bridgehead atoms. The molecule has 0 N–H and O–H groups in total. The summed E-state index contributed by atoms with van der Waals surface area (Å²) < 4.78 is 6.04. The largest absolute Gasteiger partial charge is 0.461 e. The van der Waals surface area contributed by atoms with E-state index in [1.165, 1.54) is 0 Å². The Bertz CT molecular complexity index is 969. The summed E-state index contributed by atoms with van der Waals surface area (Å²) in [7, 11) is 0. The number of hydrogen-bond donors (Lipinski definition) is 0. The number of ketones is 1. The Kier molecular flexibility index (Phi) is 6.25. The quantitative estimate of drug-likeness (QED) is 0.501. The van der Waals surface area contributed by atoms with E-state index >= 15 is 0 Å². The van der Waals surface area contributed by atoms with Gasteiger partial charge in [-0.15, -0.1) is 0 Å². The Morgan fingerprint density at radius 1 is 1.00 bits per heavy atom. The predicted octanol–water partition coefficient (Wildman–Crippen LogP) is 6.66. The van der Waals surface area contributed by atoms with Gasteiger partial charge < -0.3 is 4.74 Å². The van der Waals surface area contributed by atoms with Crippen LogP contribution in [0.3, 0.4) is 0 Å². The summed E-state index contributed by atoms with van der Waals surface area (Å²) in [6, 6.07) is 12.1. The topological polar surface area (TPSA) is 43.4 Å². The first-order chi connectivity index (χ1) is 14.8. The maximum atomic E-state index is 13.6. The summed E-state index contributed by atoms with van der Waals surface area (Å²) in [6.45, 7) is 7.84. The molecule has 4 rings (SSSR count). The van der Waals surface area contributed by atoms with E-state index < -0.39 is 0 Å². The molecule has 0 aromatic heterocycles. The number of carbonyl (C=O) groups is 2. The van der Waals surface area contributed by atoms with Crippen LogP contribution in [0.4, 0.5) is 0 Å². The molecule has 0 saturated heterocycles. The van der Waals surface area contributed by atoms with Gasteiger partial charge in [-0.3, -0.25) is 9.59 Å². The Morgan fingerprint density at radius 2 is 1.61 bits per heavy atom. The minimum atomic E-state index is -0.366. The van der Waals surface area contributed by atoms with E-state index in [-0.39, 0.29) is 41.5 Å². The molecule has 2 aromatic carbocycles. The van der Waals surface area contributed by atoms with E-state index in [0.717, 1.165) is 53.5 Å². The van der Waals surface area contributed by atoms with Crippen molar-refractivity contribution in [3.63, 3.8) is 0 Å². The molecule has 164 valence electrons. The zero-order valence-corrected chi connectivity index (χ0v) is 19.5. The molecule has 3 nitrogen and oxygen atoms in total. The molecule has 0 aliphatic heterocycles. The maximum Gasteiger partial charge on any atom is 0.308 e. The van der Waals surface area contributed by atoms with E-state index in [4.69, 9.17) is 16.3 Å². The van der Waals surface area contributed by atoms with Crippen LogP contribution < -0.4 is 0 Å². The first-order valence-corrected chi connectivity index (χ1v) is 11.8. The normalized spacial score (nSPS) is 25.5. The van der Waals surface area contributed by atoms with E-state index in [0.29, 0.717) is 5.02 Å². The fourth-order valence-electron chi connectivity index (χ4n) is 5.55. The third-order valence-electron chi connectivity index (χ3n) is 7.05. The van der Waals surface area contributed by atoms with Gasteiger partial charge >= 0.3 is 5.97 Å². The number of aryl methyl sites for hydroxylation is 2. The fourth-order valence-corrected chi connectivity index (χ4v) is 5.68. The molecule has 2 aliphatic carbocycles. The Hall–Kier alpha value is -2.13. The van der Waals surface area contributed by atoms with Crippen molar-refractivity contribution in [1.29, 1.82) is 0 Å². The summed E-state index contributed by atoms with van der Waals surface area (Å²) in [5, 5.41) is 0.711. The monoisotopic (exact) mass is 438 g/mol. The van der Waals surface area contributed by atoms with Gasteiger partial charge in [0.1, 0.15) is 11.9 Å². The molecule has 2 fully saturated rings. The molecule has 2 aliphatic rings. The first-order valence-electron chi connectivity index (χ1n) is 11.4. The van der Waals surface area contributed by atoms with Crippen LogP contribution in [-0.4, -0.2) is 17.9 Å². The van der Waals surface area contributed by atoms with Crippen LogP contribution in [0, 0.1) is 31.6 Å². The number of benzene rings is 2. The molecule has 2 aromatic rings. The molecule has 4 unspecified atom stereocenters. The Morgan fingerprint density at radius 3 is 2.23 bits per heavy atom. The van der Waals surface area contributed by atoms with Crippen molar-refractivity contribution in [2.45, 2.75) is 65.4 Å².